The molecule has 1 rings (SSSR count). The summed E-state index contributed by atoms with van der Waals surface area (Å²) in [4.78, 5) is 11.7. The first kappa shape index (κ1) is 18.2. The highest BCUT2D eigenvalue weighted by molar-refractivity contribution is 5.99. The largest absolute Gasteiger partial charge is 0.494 e. The average molecular weight is 304 g/mol. The Labute approximate surface area is 134 Å². The SMILES string of the molecule is CCCCCCCC(=O)N/N=C(\C)c1ccc(OCC)cc1. The molecule has 1 aromatic carbocycles. The van der Waals surface area contributed by atoms with Crippen LogP contribution in [0.4, 0.5) is 0 Å². The third-order valence-electron chi connectivity index (χ3n) is 3.44. The summed E-state index contributed by atoms with van der Waals surface area (Å²) in [5.41, 5.74) is 4.40. The number of hydrazone groups is 1. The lowest BCUT2D eigenvalue weighted by Gasteiger charge is -2.05. The maximum Gasteiger partial charge on any atom is 0.240 e. The molecular weight excluding hydrogens is 276 g/mol. The summed E-state index contributed by atoms with van der Waals surface area (Å²) in [6.07, 6.45) is 6.27. The van der Waals surface area contributed by atoms with Crippen molar-refractivity contribution < 1.29 is 9.53 Å². The van der Waals surface area contributed by atoms with E-state index in [9.17, 15) is 4.79 Å². The molecule has 122 valence electrons. The van der Waals surface area contributed by atoms with Crippen molar-refractivity contribution in [3.8, 4) is 5.75 Å². The van der Waals surface area contributed by atoms with Crippen molar-refractivity contribution in [3.05, 3.63) is 29.8 Å². The fraction of sp³-hybridized carbons (Fsp3) is 0.556. The van der Waals surface area contributed by atoms with Crippen LogP contribution in [-0.4, -0.2) is 18.2 Å². The third kappa shape index (κ3) is 7.25. The second-order valence-electron chi connectivity index (χ2n) is 5.35. The fourth-order valence-corrected chi connectivity index (χ4v) is 2.11. The Bertz CT molecular complexity index is 466. The number of unbranched alkanes of at least 4 members (excludes halogenated alkanes) is 4. The van der Waals surface area contributed by atoms with E-state index in [0.717, 1.165) is 29.9 Å². The molecule has 0 fully saturated rings. The van der Waals surface area contributed by atoms with Gasteiger partial charge < -0.3 is 4.74 Å². The minimum absolute atomic E-state index is 0.0122. The molecular formula is C18H28N2O2. The second-order valence-corrected chi connectivity index (χ2v) is 5.35. The standard InChI is InChI=1S/C18H28N2O2/c1-4-6-7-8-9-10-18(21)20-19-15(3)16-11-13-17(14-12-16)22-5-2/h11-14H,4-10H2,1-3H3,(H,20,21)/b19-15+. The molecule has 0 atom stereocenters. The quantitative estimate of drug-likeness (QED) is 0.398. The molecule has 22 heavy (non-hydrogen) atoms. The van der Waals surface area contributed by atoms with Crippen LogP contribution in [-0.2, 0) is 4.79 Å². The highest BCUT2D eigenvalue weighted by Crippen LogP contribution is 2.12. The van der Waals surface area contributed by atoms with Crippen LogP contribution in [0.1, 0.15) is 64.9 Å². The van der Waals surface area contributed by atoms with Crippen molar-refractivity contribution in [3.63, 3.8) is 0 Å². The lowest BCUT2D eigenvalue weighted by molar-refractivity contribution is -0.121. The zero-order chi connectivity index (χ0) is 16.2. The van der Waals surface area contributed by atoms with Crippen molar-refractivity contribution in [1.82, 2.24) is 5.43 Å². The van der Waals surface area contributed by atoms with Gasteiger partial charge in [0.25, 0.3) is 0 Å². The van der Waals surface area contributed by atoms with Gasteiger partial charge in [-0.1, -0.05) is 32.6 Å². The van der Waals surface area contributed by atoms with Gasteiger partial charge in [0, 0.05) is 6.42 Å². The summed E-state index contributed by atoms with van der Waals surface area (Å²) in [6, 6.07) is 7.71. The normalized spacial score (nSPS) is 11.3. The molecule has 1 amide bonds. The first-order valence-electron chi connectivity index (χ1n) is 8.23. The van der Waals surface area contributed by atoms with E-state index in [0.29, 0.717) is 13.0 Å². The Morgan fingerprint density at radius 3 is 2.41 bits per heavy atom. The van der Waals surface area contributed by atoms with E-state index in [-0.39, 0.29) is 5.91 Å². The Morgan fingerprint density at radius 1 is 1.09 bits per heavy atom. The summed E-state index contributed by atoms with van der Waals surface area (Å²) >= 11 is 0. The number of carbonyl (C=O) groups excluding carboxylic acids is 1. The van der Waals surface area contributed by atoms with E-state index in [2.05, 4.69) is 17.5 Å². The Hall–Kier alpha value is -1.84. The van der Waals surface area contributed by atoms with Crippen LogP contribution in [0.15, 0.2) is 29.4 Å². The van der Waals surface area contributed by atoms with E-state index in [1.54, 1.807) is 0 Å². The Morgan fingerprint density at radius 2 is 1.77 bits per heavy atom. The van der Waals surface area contributed by atoms with Crippen molar-refractivity contribution in [2.45, 2.75) is 59.3 Å². The van der Waals surface area contributed by atoms with Gasteiger partial charge in [-0.3, -0.25) is 4.79 Å². The Balaban J connectivity index is 2.36. The van der Waals surface area contributed by atoms with Gasteiger partial charge in [0.1, 0.15) is 5.75 Å². The van der Waals surface area contributed by atoms with Crippen LogP contribution in [0, 0.1) is 0 Å². The van der Waals surface area contributed by atoms with Crippen LogP contribution in [0.5, 0.6) is 5.75 Å². The van der Waals surface area contributed by atoms with Crippen LogP contribution in [0.3, 0.4) is 0 Å². The lowest BCUT2D eigenvalue weighted by Crippen LogP contribution is -2.18. The van der Waals surface area contributed by atoms with Gasteiger partial charge in [0.05, 0.1) is 12.3 Å². The van der Waals surface area contributed by atoms with E-state index in [1.165, 1.54) is 19.3 Å². The number of hydrogen-bond acceptors (Lipinski definition) is 3. The van der Waals surface area contributed by atoms with Gasteiger partial charge in [-0.25, -0.2) is 5.43 Å². The van der Waals surface area contributed by atoms with Crippen molar-refractivity contribution in [1.29, 1.82) is 0 Å². The molecule has 4 heteroatoms. The molecule has 0 unspecified atom stereocenters. The maximum atomic E-state index is 11.7. The van der Waals surface area contributed by atoms with E-state index >= 15 is 0 Å². The molecule has 0 saturated heterocycles. The topological polar surface area (TPSA) is 50.7 Å². The molecule has 0 aromatic heterocycles. The number of carbonyl (C=O) groups is 1. The monoisotopic (exact) mass is 304 g/mol. The van der Waals surface area contributed by atoms with Gasteiger partial charge in [0.2, 0.25) is 5.91 Å². The molecule has 0 saturated carbocycles. The minimum atomic E-state index is -0.0122. The summed E-state index contributed by atoms with van der Waals surface area (Å²) < 4.78 is 5.40. The predicted octanol–water partition coefficient (Wildman–Crippen LogP) is 4.29. The zero-order valence-corrected chi connectivity index (χ0v) is 14.0. The Kier molecular flexibility index (Phi) is 8.96. The number of nitrogens with one attached hydrogen (secondary N) is 1. The molecule has 0 spiro atoms. The second kappa shape index (κ2) is 10.8. The van der Waals surface area contributed by atoms with Gasteiger partial charge in [0.15, 0.2) is 0 Å². The summed E-state index contributed by atoms with van der Waals surface area (Å²) in [5, 5.41) is 4.16. The molecule has 4 nitrogen and oxygen atoms in total. The maximum absolute atomic E-state index is 11.7. The molecule has 1 aromatic rings. The third-order valence-corrected chi connectivity index (χ3v) is 3.44. The summed E-state index contributed by atoms with van der Waals surface area (Å²) in [5.74, 6) is 0.831. The number of hydrogen-bond donors (Lipinski definition) is 1. The van der Waals surface area contributed by atoms with Gasteiger partial charge in [-0.05, 0) is 50.1 Å². The van der Waals surface area contributed by atoms with Crippen molar-refractivity contribution in [2.24, 2.45) is 5.10 Å². The molecule has 0 aliphatic carbocycles. The van der Waals surface area contributed by atoms with Crippen molar-refractivity contribution >= 4 is 11.6 Å². The highest BCUT2D eigenvalue weighted by Gasteiger charge is 2.02. The number of rotatable bonds is 10. The molecule has 0 radical (unpaired) electrons. The lowest BCUT2D eigenvalue weighted by atomic mass is 10.1. The smallest absolute Gasteiger partial charge is 0.240 e. The highest BCUT2D eigenvalue weighted by atomic mass is 16.5. The van der Waals surface area contributed by atoms with E-state index in [4.69, 9.17) is 4.74 Å². The fourth-order valence-electron chi connectivity index (χ4n) is 2.11. The number of benzene rings is 1. The molecule has 0 aliphatic rings. The van der Waals surface area contributed by atoms with Gasteiger partial charge in [-0.15, -0.1) is 0 Å². The van der Waals surface area contributed by atoms with Gasteiger partial charge in [-0.2, -0.15) is 5.10 Å². The van der Waals surface area contributed by atoms with Crippen LogP contribution < -0.4 is 10.2 Å². The predicted molar refractivity (Wildman–Crippen MR) is 91.3 cm³/mol. The first-order chi connectivity index (χ1) is 10.7. The number of amides is 1. The molecule has 0 bridgehead atoms. The zero-order valence-electron chi connectivity index (χ0n) is 14.0. The molecule has 1 N–H and O–H groups in total. The molecule has 0 aliphatic heterocycles. The van der Waals surface area contributed by atoms with Gasteiger partial charge >= 0.3 is 0 Å². The summed E-state index contributed by atoms with van der Waals surface area (Å²) in [7, 11) is 0. The molecule has 0 heterocycles. The summed E-state index contributed by atoms with van der Waals surface area (Å²) in [6.45, 7) is 6.68. The first-order valence-corrected chi connectivity index (χ1v) is 8.23. The van der Waals surface area contributed by atoms with E-state index in [1.807, 2.05) is 38.1 Å². The number of nitrogens with zero attached hydrogens (tertiary/aromatic N) is 1. The van der Waals surface area contributed by atoms with E-state index < -0.39 is 0 Å². The minimum Gasteiger partial charge on any atom is -0.494 e. The van der Waals surface area contributed by atoms with Crippen LogP contribution in [0.25, 0.3) is 0 Å². The van der Waals surface area contributed by atoms with Crippen LogP contribution >= 0.6 is 0 Å². The average Bonchev–Trinajstić information content (AvgIpc) is 2.53. The van der Waals surface area contributed by atoms with Crippen LogP contribution in [0.2, 0.25) is 0 Å². The van der Waals surface area contributed by atoms with Crippen molar-refractivity contribution in [2.75, 3.05) is 6.61 Å². The number of ether oxygens (including phenoxy) is 1.